The fourth-order valence-electron chi connectivity index (χ4n) is 2.23. The Morgan fingerprint density at radius 2 is 2.53 bits per heavy atom. The van der Waals surface area contributed by atoms with Crippen molar-refractivity contribution in [3.63, 3.8) is 0 Å². The van der Waals surface area contributed by atoms with E-state index in [1.165, 1.54) is 18.5 Å². The highest BCUT2D eigenvalue weighted by molar-refractivity contribution is 7.84. The molecule has 96 valence electrons. The maximum absolute atomic E-state index is 11.3. The van der Waals surface area contributed by atoms with E-state index in [1.54, 1.807) is 6.26 Å². The van der Waals surface area contributed by atoms with Gasteiger partial charge in [-0.15, -0.1) is 0 Å². The summed E-state index contributed by atoms with van der Waals surface area (Å²) in [5.74, 6) is 0. The third-order valence-corrected chi connectivity index (χ3v) is 4.87. The van der Waals surface area contributed by atoms with Crippen molar-refractivity contribution < 1.29 is 4.21 Å². The van der Waals surface area contributed by atoms with Gasteiger partial charge in [0.25, 0.3) is 0 Å². The van der Waals surface area contributed by atoms with Crippen LogP contribution in [0.25, 0.3) is 0 Å². The Morgan fingerprint density at radius 1 is 1.71 bits per heavy atom. The number of nitrogens with zero attached hydrogens (tertiary/aromatic N) is 2. The minimum Gasteiger partial charge on any atom is -0.333 e. The number of hydrogen-bond acceptors (Lipinski definition) is 3. The fraction of sp³-hybridized carbons (Fsp3) is 0.750. The van der Waals surface area contributed by atoms with Crippen LogP contribution in [0.4, 0.5) is 0 Å². The molecule has 2 heterocycles. The van der Waals surface area contributed by atoms with Crippen LogP contribution >= 0.6 is 0 Å². The Balaban J connectivity index is 1.96. The third-order valence-electron chi connectivity index (χ3n) is 3.51. The summed E-state index contributed by atoms with van der Waals surface area (Å²) in [5.41, 5.74) is 1.27. The molecule has 5 heteroatoms. The van der Waals surface area contributed by atoms with Gasteiger partial charge in [-0.25, -0.2) is 4.98 Å². The van der Waals surface area contributed by atoms with E-state index in [4.69, 9.17) is 0 Å². The highest BCUT2D eigenvalue weighted by atomic mass is 32.2. The van der Waals surface area contributed by atoms with Gasteiger partial charge < -0.3 is 9.88 Å². The van der Waals surface area contributed by atoms with Gasteiger partial charge in [0.1, 0.15) is 0 Å². The van der Waals surface area contributed by atoms with E-state index in [-0.39, 0.29) is 5.25 Å². The van der Waals surface area contributed by atoms with Crippen molar-refractivity contribution in [2.24, 2.45) is 0 Å². The number of aromatic nitrogens is 2. The summed E-state index contributed by atoms with van der Waals surface area (Å²) in [6, 6.07) is 0.458. The standard InChI is InChI=1S/C12H21N3OS/c1-10(17(2)16)5-7-15-9-13-8-12(15)11-4-3-6-14-11/h8-11,14H,3-7H2,1-2H3/t10?,11-,17?/m0/s1. The lowest BCUT2D eigenvalue weighted by Crippen LogP contribution is -2.19. The molecule has 2 unspecified atom stereocenters. The Kier molecular flexibility index (Phi) is 4.34. The SMILES string of the molecule is CC(CCn1cncc1[C@@H]1CCCN1)S(C)=O. The predicted molar refractivity (Wildman–Crippen MR) is 70.4 cm³/mol. The lowest BCUT2D eigenvalue weighted by Gasteiger charge is -2.15. The zero-order valence-corrected chi connectivity index (χ0v) is 11.4. The van der Waals surface area contributed by atoms with Gasteiger partial charge in [-0.2, -0.15) is 0 Å². The monoisotopic (exact) mass is 255 g/mol. The first kappa shape index (κ1) is 12.8. The number of hydrogen-bond donors (Lipinski definition) is 1. The summed E-state index contributed by atoms with van der Waals surface area (Å²) >= 11 is 0. The molecular formula is C12H21N3OS. The molecule has 0 spiro atoms. The molecule has 1 aliphatic rings. The molecule has 0 amide bonds. The zero-order chi connectivity index (χ0) is 12.3. The minimum atomic E-state index is -0.730. The zero-order valence-electron chi connectivity index (χ0n) is 10.6. The summed E-state index contributed by atoms with van der Waals surface area (Å²) in [5, 5.41) is 3.74. The Labute approximate surface area is 105 Å². The van der Waals surface area contributed by atoms with Gasteiger partial charge in [0, 0.05) is 41.1 Å². The number of aryl methyl sites for hydroxylation is 1. The van der Waals surface area contributed by atoms with E-state index in [0.717, 1.165) is 19.5 Å². The summed E-state index contributed by atoms with van der Waals surface area (Å²) in [7, 11) is -0.730. The Morgan fingerprint density at radius 3 is 3.18 bits per heavy atom. The molecule has 2 rings (SSSR count). The molecule has 1 N–H and O–H groups in total. The molecule has 1 aromatic rings. The summed E-state index contributed by atoms with van der Waals surface area (Å²) < 4.78 is 13.5. The van der Waals surface area contributed by atoms with Crippen molar-refractivity contribution in [3.05, 3.63) is 18.2 Å². The molecule has 0 aromatic carbocycles. The molecule has 1 fully saturated rings. The van der Waals surface area contributed by atoms with E-state index in [9.17, 15) is 4.21 Å². The lowest BCUT2D eigenvalue weighted by molar-refractivity contribution is 0.544. The molecule has 0 aliphatic carbocycles. The smallest absolute Gasteiger partial charge is 0.0948 e. The largest absolute Gasteiger partial charge is 0.333 e. The average Bonchev–Trinajstić information content (AvgIpc) is 2.95. The molecule has 1 saturated heterocycles. The van der Waals surface area contributed by atoms with Crippen molar-refractivity contribution in [2.45, 2.75) is 44.0 Å². The molecule has 1 aliphatic heterocycles. The Bertz CT molecular complexity index is 385. The molecule has 0 radical (unpaired) electrons. The van der Waals surface area contributed by atoms with E-state index in [0.29, 0.717) is 6.04 Å². The van der Waals surface area contributed by atoms with Gasteiger partial charge in [-0.05, 0) is 25.8 Å². The highest BCUT2D eigenvalue weighted by Crippen LogP contribution is 2.22. The maximum atomic E-state index is 11.3. The highest BCUT2D eigenvalue weighted by Gasteiger charge is 2.19. The molecule has 0 saturated carbocycles. The Hall–Kier alpha value is -0.680. The van der Waals surface area contributed by atoms with Gasteiger partial charge in [0.05, 0.1) is 12.0 Å². The van der Waals surface area contributed by atoms with Gasteiger partial charge in [0.15, 0.2) is 0 Å². The van der Waals surface area contributed by atoms with Crippen LogP contribution in [0.1, 0.15) is 37.9 Å². The van der Waals surface area contributed by atoms with Crippen molar-refractivity contribution in [2.75, 3.05) is 12.8 Å². The summed E-state index contributed by atoms with van der Waals surface area (Å²) in [4.78, 5) is 4.24. The van der Waals surface area contributed by atoms with Crippen LogP contribution in [0, 0.1) is 0 Å². The van der Waals surface area contributed by atoms with Crippen LogP contribution in [-0.2, 0) is 17.3 Å². The van der Waals surface area contributed by atoms with Crippen LogP contribution in [-0.4, -0.2) is 31.8 Å². The first-order valence-electron chi connectivity index (χ1n) is 6.24. The van der Waals surface area contributed by atoms with Crippen LogP contribution < -0.4 is 5.32 Å². The fourth-order valence-corrected chi connectivity index (χ4v) is 2.67. The van der Waals surface area contributed by atoms with Crippen LogP contribution in [0.2, 0.25) is 0 Å². The van der Waals surface area contributed by atoms with Gasteiger partial charge in [0.2, 0.25) is 0 Å². The second-order valence-corrected chi connectivity index (χ2v) is 6.56. The number of imidazole rings is 1. The summed E-state index contributed by atoms with van der Waals surface area (Å²) in [6.07, 6.45) is 9.00. The van der Waals surface area contributed by atoms with Crippen molar-refractivity contribution in [1.82, 2.24) is 14.9 Å². The molecular weight excluding hydrogens is 234 g/mol. The van der Waals surface area contributed by atoms with Gasteiger partial charge in [-0.3, -0.25) is 4.21 Å². The molecule has 4 nitrogen and oxygen atoms in total. The van der Waals surface area contributed by atoms with E-state index in [2.05, 4.69) is 14.9 Å². The minimum absolute atomic E-state index is 0.252. The van der Waals surface area contributed by atoms with Crippen LogP contribution in [0.3, 0.4) is 0 Å². The van der Waals surface area contributed by atoms with E-state index in [1.807, 2.05) is 19.4 Å². The average molecular weight is 255 g/mol. The van der Waals surface area contributed by atoms with Crippen molar-refractivity contribution in [1.29, 1.82) is 0 Å². The van der Waals surface area contributed by atoms with Crippen LogP contribution in [0.15, 0.2) is 12.5 Å². The second kappa shape index (κ2) is 5.78. The normalized spacial score (nSPS) is 23.8. The third kappa shape index (κ3) is 3.16. The van der Waals surface area contributed by atoms with Crippen molar-refractivity contribution in [3.8, 4) is 0 Å². The predicted octanol–water partition coefficient (Wildman–Crippen LogP) is 1.46. The van der Waals surface area contributed by atoms with E-state index < -0.39 is 10.8 Å². The quantitative estimate of drug-likeness (QED) is 0.866. The van der Waals surface area contributed by atoms with Crippen molar-refractivity contribution >= 4 is 10.8 Å². The molecule has 0 bridgehead atoms. The molecule has 3 atom stereocenters. The molecule has 17 heavy (non-hydrogen) atoms. The lowest BCUT2D eigenvalue weighted by atomic mass is 10.1. The number of nitrogens with one attached hydrogen (secondary N) is 1. The van der Waals surface area contributed by atoms with Crippen LogP contribution in [0.5, 0.6) is 0 Å². The maximum Gasteiger partial charge on any atom is 0.0948 e. The second-order valence-electron chi connectivity index (χ2n) is 4.76. The first-order valence-corrected chi connectivity index (χ1v) is 7.86. The number of rotatable bonds is 5. The van der Waals surface area contributed by atoms with Gasteiger partial charge in [-0.1, -0.05) is 6.92 Å². The topological polar surface area (TPSA) is 46.9 Å². The molecule has 1 aromatic heterocycles. The first-order chi connectivity index (χ1) is 8.18. The summed E-state index contributed by atoms with van der Waals surface area (Å²) in [6.45, 7) is 4.06. The van der Waals surface area contributed by atoms with E-state index >= 15 is 0 Å². The van der Waals surface area contributed by atoms with Gasteiger partial charge >= 0.3 is 0 Å².